The van der Waals surface area contributed by atoms with Crippen LogP contribution in [0.2, 0.25) is 0 Å². The van der Waals surface area contributed by atoms with Gasteiger partial charge < -0.3 is 10.1 Å². The lowest BCUT2D eigenvalue weighted by atomic mass is 10.4. The molecule has 1 aromatic rings. The lowest BCUT2D eigenvalue weighted by Crippen LogP contribution is -2.03. The first-order chi connectivity index (χ1) is 6.88. The maximum atomic E-state index is 4.97. The van der Waals surface area contributed by atoms with Crippen molar-refractivity contribution < 1.29 is 4.74 Å². The summed E-state index contributed by atoms with van der Waals surface area (Å²) in [7, 11) is 1.69. The van der Waals surface area contributed by atoms with E-state index < -0.39 is 0 Å². The largest absolute Gasteiger partial charge is 0.384 e. The fourth-order valence-corrected chi connectivity index (χ4v) is 1.79. The number of hydrogen-bond acceptors (Lipinski definition) is 5. The highest BCUT2D eigenvalue weighted by molar-refractivity contribution is 7.09. The minimum Gasteiger partial charge on any atom is -0.384 e. The average molecular weight is 213 g/mol. The summed E-state index contributed by atoms with van der Waals surface area (Å²) in [6, 6.07) is 0. The summed E-state index contributed by atoms with van der Waals surface area (Å²) in [5.41, 5.74) is 0. The Bertz CT molecular complexity index is 285. The van der Waals surface area contributed by atoms with Gasteiger partial charge in [0.1, 0.15) is 5.82 Å². The predicted octanol–water partition coefficient (Wildman–Crippen LogP) is 1.55. The molecule has 1 heterocycles. The molecule has 0 saturated heterocycles. The fraction of sp³-hybridized carbons (Fsp3) is 0.778. The van der Waals surface area contributed by atoms with Crippen LogP contribution in [0, 0.1) is 5.92 Å². The van der Waals surface area contributed by atoms with Crippen LogP contribution >= 0.6 is 11.5 Å². The maximum absolute atomic E-state index is 4.97. The molecule has 0 unspecified atom stereocenters. The van der Waals surface area contributed by atoms with Crippen LogP contribution in [0.4, 0.5) is 5.13 Å². The Morgan fingerprint density at radius 3 is 3.14 bits per heavy atom. The number of nitrogens with zero attached hydrogens (tertiary/aromatic N) is 2. The van der Waals surface area contributed by atoms with Gasteiger partial charge in [-0.1, -0.05) is 0 Å². The van der Waals surface area contributed by atoms with Crippen LogP contribution in [0.5, 0.6) is 0 Å². The van der Waals surface area contributed by atoms with Crippen molar-refractivity contribution in [3.8, 4) is 0 Å². The molecule has 1 aliphatic carbocycles. The van der Waals surface area contributed by atoms with Gasteiger partial charge in [0, 0.05) is 31.6 Å². The average Bonchev–Trinajstić information content (AvgIpc) is 2.92. The molecule has 1 aliphatic rings. The third kappa shape index (κ3) is 2.92. The van der Waals surface area contributed by atoms with Crippen LogP contribution in [0.3, 0.4) is 0 Å². The first kappa shape index (κ1) is 9.86. The Kier molecular flexibility index (Phi) is 3.31. The molecule has 0 atom stereocenters. The van der Waals surface area contributed by atoms with E-state index in [4.69, 9.17) is 4.74 Å². The number of anilines is 1. The number of methoxy groups -OCH3 is 1. The molecular weight excluding hydrogens is 198 g/mol. The first-order valence-electron chi connectivity index (χ1n) is 4.94. The lowest BCUT2D eigenvalue weighted by molar-refractivity contribution is 0.201. The summed E-state index contributed by atoms with van der Waals surface area (Å²) in [5, 5.41) is 4.25. The van der Waals surface area contributed by atoms with Crippen molar-refractivity contribution >= 4 is 16.7 Å². The van der Waals surface area contributed by atoms with E-state index in [-0.39, 0.29) is 0 Å². The molecule has 0 aliphatic heterocycles. The van der Waals surface area contributed by atoms with Crippen molar-refractivity contribution in [1.82, 2.24) is 9.36 Å². The van der Waals surface area contributed by atoms with E-state index >= 15 is 0 Å². The van der Waals surface area contributed by atoms with Crippen LogP contribution < -0.4 is 5.32 Å². The molecule has 4 nitrogen and oxygen atoms in total. The topological polar surface area (TPSA) is 47.0 Å². The maximum Gasteiger partial charge on any atom is 0.202 e. The molecule has 0 bridgehead atoms. The Morgan fingerprint density at radius 1 is 1.57 bits per heavy atom. The van der Waals surface area contributed by atoms with Gasteiger partial charge >= 0.3 is 0 Å². The van der Waals surface area contributed by atoms with Crippen molar-refractivity contribution in [1.29, 1.82) is 0 Å². The van der Waals surface area contributed by atoms with E-state index in [9.17, 15) is 0 Å². The molecule has 14 heavy (non-hydrogen) atoms. The molecule has 1 aromatic heterocycles. The minimum atomic E-state index is 0.693. The third-order valence-electron chi connectivity index (χ3n) is 2.24. The van der Waals surface area contributed by atoms with Crippen molar-refractivity contribution in [3.63, 3.8) is 0 Å². The summed E-state index contributed by atoms with van der Waals surface area (Å²) >= 11 is 1.44. The van der Waals surface area contributed by atoms with Crippen molar-refractivity contribution in [3.05, 3.63) is 5.82 Å². The van der Waals surface area contributed by atoms with Crippen LogP contribution in [0.15, 0.2) is 0 Å². The van der Waals surface area contributed by atoms with Gasteiger partial charge in [0.2, 0.25) is 5.13 Å². The molecule has 0 aromatic carbocycles. The molecule has 0 radical (unpaired) electrons. The van der Waals surface area contributed by atoms with Gasteiger partial charge in [0.15, 0.2) is 0 Å². The van der Waals surface area contributed by atoms with Crippen LogP contribution in [0.1, 0.15) is 18.7 Å². The Labute approximate surface area is 87.9 Å². The smallest absolute Gasteiger partial charge is 0.202 e. The monoisotopic (exact) mass is 213 g/mol. The van der Waals surface area contributed by atoms with Crippen LogP contribution in [-0.2, 0) is 11.2 Å². The third-order valence-corrected chi connectivity index (χ3v) is 2.95. The highest BCUT2D eigenvalue weighted by Gasteiger charge is 2.21. The molecular formula is C9H15N3OS. The zero-order valence-electron chi connectivity index (χ0n) is 8.32. The highest BCUT2D eigenvalue weighted by atomic mass is 32.1. The van der Waals surface area contributed by atoms with Gasteiger partial charge in [-0.25, -0.2) is 4.98 Å². The van der Waals surface area contributed by atoms with Crippen LogP contribution in [0.25, 0.3) is 0 Å². The highest BCUT2D eigenvalue weighted by Crippen LogP contribution is 2.29. The Balaban J connectivity index is 1.76. The minimum absolute atomic E-state index is 0.693. The van der Waals surface area contributed by atoms with E-state index in [1.165, 1.54) is 24.4 Å². The fourth-order valence-electron chi connectivity index (χ4n) is 1.17. The zero-order valence-corrected chi connectivity index (χ0v) is 9.14. The van der Waals surface area contributed by atoms with Crippen molar-refractivity contribution in [2.45, 2.75) is 19.3 Å². The molecule has 1 fully saturated rings. The second-order valence-corrected chi connectivity index (χ2v) is 4.33. The van der Waals surface area contributed by atoms with Crippen LogP contribution in [-0.4, -0.2) is 29.6 Å². The van der Waals surface area contributed by atoms with Gasteiger partial charge in [-0.15, -0.1) is 0 Å². The number of nitrogens with one attached hydrogen (secondary N) is 1. The summed E-state index contributed by atoms with van der Waals surface area (Å²) in [6.45, 7) is 1.75. The number of rotatable bonds is 6. The molecule has 0 spiro atoms. The molecule has 2 rings (SSSR count). The van der Waals surface area contributed by atoms with Gasteiger partial charge in [-0.05, 0) is 18.8 Å². The SMILES string of the molecule is COCCc1nsc(NCC2CC2)n1. The van der Waals surface area contributed by atoms with E-state index in [1.54, 1.807) is 7.11 Å². The number of ether oxygens (including phenoxy) is 1. The molecule has 5 heteroatoms. The van der Waals surface area contributed by atoms with Gasteiger partial charge in [0.25, 0.3) is 0 Å². The predicted molar refractivity (Wildman–Crippen MR) is 56.7 cm³/mol. The first-order valence-corrected chi connectivity index (χ1v) is 5.71. The van der Waals surface area contributed by atoms with Gasteiger partial charge in [-0.3, -0.25) is 0 Å². The second-order valence-electron chi connectivity index (χ2n) is 3.58. The number of hydrogen-bond donors (Lipinski definition) is 1. The standard InChI is InChI=1S/C9H15N3OS/c1-13-5-4-8-11-9(14-12-8)10-6-7-2-3-7/h7H,2-6H2,1H3,(H,10,11,12). The quantitative estimate of drug-likeness (QED) is 0.779. The normalized spacial score (nSPS) is 15.8. The van der Waals surface area contributed by atoms with E-state index in [1.807, 2.05) is 0 Å². The summed E-state index contributed by atoms with van der Waals surface area (Å²) in [5.74, 6) is 1.76. The van der Waals surface area contributed by atoms with Gasteiger partial charge in [-0.2, -0.15) is 4.37 Å². The second kappa shape index (κ2) is 4.70. The van der Waals surface area contributed by atoms with E-state index in [0.717, 1.165) is 29.8 Å². The van der Waals surface area contributed by atoms with Crippen molar-refractivity contribution in [2.75, 3.05) is 25.6 Å². The lowest BCUT2D eigenvalue weighted by Gasteiger charge is -1.97. The van der Waals surface area contributed by atoms with Crippen molar-refractivity contribution in [2.24, 2.45) is 5.92 Å². The Hall–Kier alpha value is -0.680. The molecule has 1 N–H and O–H groups in total. The van der Waals surface area contributed by atoms with E-state index in [2.05, 4.69) is 14.7 Å². The summed E-state index contributed by atoms with van der Waals surface area (Å²) in [4.78, 5) is 4.36. The molecule has 0 amide bonds. The van der Waals surface area contributed by atoms with Gasteiger partial charge in [0.05, 0.1) is 6.61 Å². The molecule has 1 saturated carbocycles. The zero-order chi connectivity index (χ0) is 9.80. The number of aromatic nitrogens is 2. The summed E-state index contributed by atoms with van der Waals surface area (Å²) in [6.07, 6.45) is 3.53. The Morgan fingerprint density at radius 2 is 2.43 bits per heavy atom. The summed E-state index contributed by atoms with van der Waals surface area (Å²) < 4.78 is 9.21. The van der Waals surface area contributed by atoms with E-state index in [0.29, 0.717) is 6.61 Å². The molecule has 78 valence electrons.